The lowest BCUT2D eigenvalue weighted by atomic mass is 10.1. The molecule has 1 aliphatic heterocycles. The Bertz CT molecular complexity index is 983. The summed E-state index contributed by atoms with van der Waals surface area (Å²) in [6.07, 6.45) is 2.44. The van der Waals surface area contributed by atoms with Crippen molar-refractivity contribution in [1.82, 2.24) is 15.0 Å². The summed E-state index contributed by atoms with van der Waals surface area (Å²) in [5.41, 5.74) is 4.42. The van der Waals surface area contributed by atoms with E-state index in [1.807, 2.05) is 53.4 Å². The number of nitrogens with zero attached hydrogens (tertiary/aromatic N) is 3. The summed E-state index contributed by atoms with van der Waals surface area (Å²) in [7, 11) is 2.11. The Morgan fingerprint density at radius 2 is 1.87 bits per heavy atom. The number of hydrogen-bond acceptors (Lipinski definition) is 4. The molecule has 1 fully saturated rings. The van der Waals surface area contributed by atoms with Crippen molar-refractivity contribution in [2.24, 2.45) is 0 Å². The first-order valence-corrected chi connectivity index (χ1v) is 10.6. The minimum absolute atomic E-state index is 0.252. The molecule has 0 bridgehead atoms. The number of aromatic nitrogens is 1. The van der Waals surface area contributed by atoms with Crippen LogP contribution in [0.15, 0.2) is 65.2 Å². The average Bonchev–Trinajstić information content (AvgIpc) is 3.14. The molecule has 1 atom stereocenters. The molecular formula is C25H29N3O2. The maximum absolute atomic E-state index is 12.7. The number of hydrogen-bond donors (Lipinski definition) is 0. The number of carbonyl (C=O) groups excluding carboxylic acids is 1. The standard InChI is InChI=1S/C25H29N3O2/c1-19-8-6-7-11-21(19)17-28-15-14-23(12-13-25(28)29)27(2)18-22-16-24(30-26-22)20-9-4-3-5-10-20/h3-11,16,23H,12-15,17-18H2,1-2H3. The van der Waals surface area contributed by atoms with Gasteiger partial charge in [-0.15, -0.1) is 0 Å². The quantitative estimate of drug-likeness (QED) is 0.600. The first-order valence-electron chi connectivity index (χ1n) is 10.6. The van der Waals surface area contributed by atoms with Crippen molar-refractivity contribution in [3.8, 4) is 11.3 Å². The Kier molecular flexibility index (Phi) is 6.29. The Morgan fingerprint density at radius 1 is 1.10 bits per heavy atom. The van der Waals surface area contributed by atoms with E-state index in [9.17, 15) is 4.79 Å². The van der Waals surface area contributed by atoms with E-state index in [1.54, 1.807) is 0 Å². The van der Waals surface area contributed by atoms with Crippen LogP contribution in [0.3, 0.4) is 0 Å². The number of likely N-dealkylation sites (tertiary alicyclic amines) is 1. The van der Waals surface area contributed by atoms with Crippen molar-refractivity contribution in [3.05, 3.63) is 77.5 Å². The van der Waals surface area contributed by atoms with Crippen molar-refractivity contribution in [2.75, 3.05) is 13.6 Å². The van der Waals surface area contributed by atoms with Gasteiger partial charge < -0.3 is 9.42 Å². The van der Waals surface area contributed by atoms with Crippen LogP contribution in [0.2, 0.25) is 0 Å². The lowest BCUT2D eigenvalue weighted by molar-refractivity contribution is -0.131. The predicted octanol–water partition coefficient (Wildman–Crippen LogP) is 4.66. The molecule has 1 amide bonds. The number of benzene rings is 2. The van der Waals surface area contributed by atoms with Gasteiger partial charge in [0, 0.05) is 43.7 Å². The van der Waals surface area contributed by atoms with Gasteiger partial charge in [-0.3, -0.25) is 9.69 Å². The van der Waals surface area contributed by atoms with Gasteiger partial charge in [0.15, 0.2) is 5.76 Å². The van der Waals surface area contributed by atoms with Gasteiger partial charge in [-0.1, -0.05) is 59.8 Å². The molecule has 0 saturated carbocycles. The van der Waals surface area contributed by atoms with E-state index >= 15 is 0 Å². The number of aryl methyl sites for hydroxylation is 1. The van der Waals surface area contributed by atoms with E-state index in [4.69, 9.17) is 4.52 Å². The molecule has 4 rings (SSSR count). The molecule has 0 spiro atoms. The van der Waals surface area contributed by atoms with Crippen molar-refractivity contribution in [3.63, 3.8) is 0 Å². The molecule has 0 radical (unpaired) electrons. The van der Waals surface area contributed by atoms with Crippen LogP contribution in [0, 0.1) is 6.92 Å². The van der Waals surface area contributed by atoms with Crippen LogP contribution >= 0.6 is 0 Å². The fourth-order valence-corrected chi connectivity index (χ4v) is 4.13. The third kappa shape index (κ3) is 4.79. The molecular weight excluding hydrogens is 374 g/mol. The van der Waals surface area contributed by atoms with Gasteiger partial charge in [-0.05, 0) is 37.9 Å². The zero-order valence-corrected chi connectivity index (χ0v) is 17.8. The lowest BCUT2D eigenvalue weighted by Crippen LogP contribution is -2.33. The second kappa shape index (κ2) is 9.26. The lowest BCUT2D eigenvalue weighted by Gasteiger charge is -2.26. The molecule has 1 aliphatic rings. The molecule has 5 nitrogen and oxygen atoms in total. The first-order chi connectivity index (χ1) is 14.6. The molecule has 1 saturated heterocycles. The molecule has 156 valence electrons. The van der Waals surface area contributed by atoms with E-state index in [0.717, 1.165) is 36.4 Å². The van der Waals surface area contributed by atoms with Crippen LogP contribution in [0.5, 0.6) is 0 Å². The summed E-state index contributed by atoms with van der Waals surface area (Å²) in [6, 6.07) is 20.7. The van der Waals surface area contributed by atoms with Gasteiger partial charge in [0.25, 0.3) is 0 Å². The molecule has 2 heterocycles. The minimum atomic E-state index is 0.252. The van der Waals surface area contributed by atoms with E-state index < -0.39 is 0 Å². The van der Waals surface area contributed by atoms with E-state index in [-0.39, 0.29) is 5.91 Å². The highest BCUT2D eigenvalue weighted by molar-refractivity contribution is 5.76. The molecule has 1 aromatic heterocycles. The molecule has 30 heavy (non-hydrogen) atoms. The number of rotatable bonds is 6. The van der Waals surface area contributed by atoms with Crippen LogP contribution in [-0.2, 0) is 17.9 Å². The maximum atomic E-state index is 12.7. The Morgan fingerprint density at radius 3 is 2.67 bits per heavy atom. The van der Waals surface area contributed by atoms with Crippen LogP contribution < -0.4 is 0 Å². The summed E-state index contributed by atoms with van der Waals surface area (Å²) in [4.78, 5) is 17.0. The second-order valence-electron chi connectivity index (χ2n) is 8.19. The van der Waals surface area contributed by atoms with Crippen LogP contribution in [-0.4, -0.2) is 40.5 Å². The topological polar surface area (TPSA) is 49.6 Å². The second-order valence-corrected chi connectivity index (χ2v) is 8.19. The van der Waals surface area contributed by atoms with Gasteiger partial charge >= 0.3 is 0 Å². The van der Waals surface area contributed by atoms with Crippen molar-refractivity contribution < 1.29 is 9.32 Å². The summed E-state index contributed by atoms with van der Waals surface area (Å²) in [5, 5.41) is 4.25. The molecule has 1 unspecified atom stereocenters. The molecule has 0 N–H and O–H groups in total. The van der Waals surface area contributed by atoms with Gasteiger partial charge in [0.1, 0.15) is 0 Å². The van der Waals surface area contributed by atoms with E-state index in [0.29, 0.717) is 25.6 Å². The highest BCUT2D eigenvalue weighted by Gasteiger charge is 2.25. The van der Waals surface area contributed by atoms with Gasteiger partial charge in [-0.25, -0.2) is 0 Å². The molecule has 2 aromatic carbocycles. The zero-order valence-electron chi connectivity index (χ0n) is 17.8. The number of carbonyl (C=O) groups is 1. The summed E-state index contributed by atoms with van der Waals surface area (Å²) < 4.78 is 5.54. The van der Waals surface area contributed by atoms with Gasteiger partial charge in [-0.2, -0.15) is 0 Å². The predicted molar refractivity (Wildman–Crippen MR) is 118 cm³/mol. The zero-order chi connectivity index (χ0) is 20.9. The third-order valence-corrected chi connectivity index (χ3v) is 6.05. The Balaban J connectivity index is 1.36. The van der Waals surface area contributed by atoms with Crippen LogP contribution in [0.4, 0.5) is 0 Å². The summed E-state index contributed by atoms with van der Waals surface area (Å²) in [6.45, 7) is 4.31. The van der Waals surface area contributed by atoms with E-state index in [1.165, 1.54) is 11.1 Å². The van der Waals surface area contributed by atoms with E-state index in [2.05, 4.69) is 36.2 Å². The fourth-order valence-electron chi connectivity index (χ4n) is 4.13. The first kappa shape index (κ1) is 20.4. The molecule has 3 aromatic rings. The van der Waals surface area contributed by atoms with Crippen molar-refractivity contribution >= 4 is 5.91 Å². The third-order valence-electron chi connectivity index (χ3n) is 6.05. The van der Waals surface area contributed by atoms with Gasteiger partial charge in [0.2, 0.25) is 5.91 Å². The Labute approximate surface area is 178 Å². The molecule has 5 heteroatoms. The largest absolute Gasteiger partial charge is 0.356 e. The fraction of sp³-hybridized carbons (Fsp3) is 0.360. The van der Waals surface area contributed by atoms with Crippen LogP contribution in [0.25, 0.3) is 11.3 Å². The SMILES string of the molecule is Cc1ccccc1CN1CCC(N(C)Cc2cc(-c3ccccc3)on2)CCC1=O. The number of amides is 1. The highest BCUT2D eigenvalue weighted by Crippen LogP contribution is 2.23. The smallest absolute Gasteiger partial charge is 0.222 e. The summed E-state index contributed by atoms with van der Waals surface area (Å²) >= 11 is 0. The monoisotopic (exact) mass is 403 g/mol. The maximum Gasteiger partial charge on any atom is 0.222 e. The average molecular weight is 404 g/mol. The Hall–Kier alpha value is -2.92. The molecule has 0 aliphatic carbocycles. The van der Waals surface area contributed by atoms with Crippen molar-refractivity contribution in [2.45, 2.75) is 45.3 Å². The van der Waals surface area contributed by atoms with Crippen LogP contribution in [0.1, 0.15) is 36.1 Å². The normalized spacial score (nSPS) is 17.4. The summed E-state index contributed by atoms with van der Waals surface area (Å²) in [5.74, 6) is 1.04. The highest BCUT2D eigenvalue weighted by atomic mass is 16.5. The van der Waals surface area contributed by atoms with Gasteiger partial charge in [0.05, 0.1) is 5.69 Å². The van der Waals surface area contributed by atoms with Crippen molar-refractivity contribution in [1.29, 1.82) is 0 Å². The minimum Gasteiger partial charge on any atom is -0.356 e.